The molecule has 4 aliphatic rings. The number of carbonyl (C=O) groups is 2. The highest BCUT2D eigenvalue weighted by atomic mass is 16.6. The van der Waals surface area contributed by atoms with Gasteiger partial charge in [-0.2, -0.15) is 5.10 Å². The zero-order valence-corrected chi connectivity index (χ0v) is 29.4. The molecule has 262 valence electrons. The summed E-state index contributed by atoms with van der Waals surface area (Å²) in [6.07, 6.45) is 14.3. The van der Waals surface area contributed by atoms with Gasteiger partial charge in [0.15, 0.2) is 0 Å². The molecule has 1 saturated heterocycles. The smallest absolute Gasteiger partial charge is 0.410 e. The molecule has 0 spiro atoms. The van der Waals surface area contributed by atoms with E-state index in [1.807, 2.05) is 6.20 Å². The summed E-state index contributed by atoms with van der Waals surface area (Å²) < 4.78 is 18.9. The number of benzene rings is 2. The third-order valence-electron chi connectivity index (χ3n) is 11.5. The molecule has 1 unspecified atom stereocenters. The predicted octanol–water partition coefficient (Wildman–Crippen LogP) is 7.93. The van der Waals surface area contributed by atoms with E-state index in [9.17, 15) is 9.59 Å². The van der Waals surface area contributed by atoms with Gasteiger partial charge in [0.25, 0.3) is 0 Å². The fourth-order valence-electron chi connectivity index (χ4n) is 8.25. The van der Waals surface area contributed by atoms with Gasteiger partial charge < -0.3 is 24.0 Å². The summed E-state index contributed by atoms with van der Waals surface area (Å²) in [5, 5.41) is 4.62. The van der Waals surface area contributed by atoms with E-state index < -0.39 is 0 Å². The first-order valence-corrected chi connectivity index (χ1v) is 18.5. The number of hydrogen-bond donors (Lipinski definition) is 0. The van der Waals surface area contributed by atoms with E-state index in [0.29, 0.717) is 43.8 Å². The van der Waals surface area contributed by atoms with Crippen LogP contribution in [0.3, 0.4) is 0 Å². The monoisotopic (exact) mass is 668 g/mol. The van der Waals surface area contributed by atoms with Gasteiger partial charge >= 0.3 is 6.09 Å². The first-order valence-electron chi connectivity index (χ1n) is 18.5. The van der Waals surface area contributed by atoms with Crippen molar-refractivity contribution in [2.45, 2.75) is 102 Å². The minimum atomic E-state index is -0.252. The van der Waals surface area contributed by atoms with Crippen LogP contribution in [0, 0.1) is 18.8 Å². The van der Waals surface area contributed by atoms with Gasteiger partial charge in [0, 0.05) is 43.6 Å². The molecule has 1 aromatic heterocycles. The molecule has 3 saturated carbocycles. The summed E-state index contributed by atoms with van der Waals surface area (Å²) in [5.41, 5.74) is 5.72. The number of hydrogen-bond acceptors (Lipinski definition) is 6. The maximum absolute atomic E-state index is 14.5. The van der Waals surface area contributed by atoms with Crippen LogP contribution < -0.4 is 9.64 Å². The largest absolute Gasteiger partial charge is 0.496 e. The van der Waals surface area contributed by atoms with E-state index in [4.69, 9.17) is 14.2 Å². The first-order chi connectivity index (χ1) is 23.9. The SMILES string of the molecule is COc1ccc(C2CCC(CN(C(=O)C3CCC(OC(=O)N4CCC(OC)C4)CC3)c3cccc(-c4cnn(C5CC5)c4)c3)CC2)cc1C. The van der Waals surface area contributed by atoms with Crippen molar-refractivity contribution in [2.24, 2.45) is 11.8 Å². The van der Waals surface area contributed by atoms with Gasteiger partial charge in [0.1, 0.15) is 11.9 Å². The van der Waals surface area contributed by atoms with Gasteiger partial charge in [-0.1, -0.05) is 24.3 Å². The van der Waals surface area contributed by atoms with Gasteiger partial charge in [-0.25, -0.2) is 4.79 Å². The summed E-state index contributed by atoms with van der Waals surface area (Å²) in [7, 11) is 3.42. The summed E-state index contributed by atoms with van der Waals surface area (Å²) in [5.74, 6) is 2.03. The van der Waals surface area contributed by atoms with Gasteiger partial charge in [-0.15, -0.1) is 0 Å². The number of aryl methyl sites for hydroxylation is 1. The molecule has 0 bridgehead atoms. The lowest BCUT2D eigenvalue weighted by molar-refractivity contribution is -0.124. The standard InChI is InChI=1S/C40H52N4O5/c1-27-21-32(13-18-38(27)48-3)29-9-7-28(8-10-29)24-43(35-6-4-5-31(22-35)33-23-41-44(25-33)34-14-15-34)39(45)30-11-16-36(17-12-30)49-40(46)42-20-19-37(26-42)47-2/h4-6,13,18,21-23,25,28-30,34,36-37H,7-12,14-17,19-20,24,26H2,1-3H3. The highest BCUT2D eigenvalue weighted by molar-refractivity contribution is 5.95. The van der Waals surface area contributed by atoms with Crippen molar-refractivity contribution in [1.29, 1.82) is 0 Å². The average molecular weight is 669 g/mol. The molecule has 2 aromatic carbocycles. The van der Waals surface area contributed by atoms with Gasteiger partial charge in [0.05, 0.1) is 32.0 Å². The lowest BCUT2D eigenvalue weighted by Gasteiger charge is -2.36. The minimum absolute atomic E-state index is 0.0838. The van der Waals surface area contributed by atoms with Crippen LogP contribution in [0.5, 0.6) is 5.75 Å². The minimum Gasteiger partial charge on any atom is -0.496 e. The second-order valence-corrected chi connectivity index (χ2v) is 14.8. The van der Waals surface area contributed by atoms with Crippen LogP contribution in [0.25, 0.3) is 11.1 Å². The molecule has 1 atom stereocenters. The van der Waals surface area contributed by atoms with Crippen molar-refractivity contribution in [2.75, 3.05) is 38.8 Å². The quantitative estimate of drug-likeness (QED) is 0.218. The Morgan fingerprint density at radius 1 is 0.878 bits per heavy atom. The Morgan fingerprint density at radius 2 is 1.67 bits per heavy atom. The van der Waals surface area contributed by atoms with Gasteiger partial charge in [-0.3, -0.25) is 9.48 Å². The maximum atomic E-state index is 14.5. The van der Waals surface area contributed by atoms with Crippen LogP contribution in [0.2, 0.25) is 0 Å². The number of aromatic nitrogens is 2. The van der Waals surface area contributed by atoms with Crippen LogP contribution in [-0.2, 0) is 14.3 Å². The highest BCUT2D eigenvalue weighted by Crippen LogP contribution is 2.40. The molecular formula is C40H52N4O5. The second kappa shape index (κ2) is 15.0. The molecule has 0 radical (unpaired) electrons. The van der Waals surface area contributed by atoms with Crippen LogP contribution >= 0.6 is 0 Å². The molecule has 7 rings (SSSR count). The van der Waals surface area contributed by atoms with Crippen molar-refractivity contribution in [3.8, 4) is 16.9 Å². The Bertz CT molecular complexity index is 1600. The van der Waals surface area contributed by atoms with Crippen molar-refractivity contribution in [3.63, 3.8) is 0 Å². The van der Waals surface area contributed by atoms with E-state index in [1.165, 1.54) is 24.0 Å². The Kier molecular flexibility index (Phi) is 10.3. The van der Waals surface area contributed by atoms with Gasteiger partial charge in [0.2, 0.25) is 5.91 Å². The molecule has 0 N–H and O–H groups in total. The Balaban J connectivity index is 1.03. The Hall–Kier alpha value is -3.85. The average Bonchev–Trinajstić information content (AvgIpc) is 3.65. The lowest BCUT2D eigenvalue weighted by Crippen LogP contribution is -2.42. The zero-order chi connectivity index (χ0) is 33.9. The summed E-state index contributed by atoms with van der Waals surface area (Å²) >= 11 is 0. The molecular weight excluding hydrogens is 616 g/mol. The molecule has 4 fully saturated rings. The number of likely N-dealkylation sites (tertiary alicyclic amines) is 1. The molecule has 2 amide bonds. The maximum Gasteiger partial charge on any atom is 0.410 e. The number of amides is 2. The van der Waals surface area contributed by atoms with Crippen LogP contribution in [0.4, 0.5) is 10.5 Å². The third kappa shape index (κ3) is 7.82. The van der Waals surface area contributed by atoms with E-state index in [-0.39, 0.29) is 30.1 Å². The highest BCUT2D eigenvalue weighted by Gasteiger charge is 2.35. The fourth-order valence-corrected chi connectivity index (χ4v) is 8.25. The zero-order valence-electron chi connectivity index (χ0n) is 29.4. The normalized spacial score (nSPS) is 25.6. The lowest BCUT2D eigenvalue weighted by atomic mass is 9.78. The van der Waals surface area contributed by atoms with Crippen LogP contribution in [0.15, 0.2) is 54.9 Å². The van der Waals surface area contributed by atoms with Crippen LogP contribution in [-0.4, -0.2) is 72.7 Å². The molecule has 49 heavy (non-hydrogen) atoms. The number of ether oxygens (including phenoxy) is 3. The van der Waals surface area contributed by atoms with E-state index >= 15 is 0 Å². The number of anilines is 1. The Labute approximate surface area is 290 Å². The molecule has 9 heteroatoms. The topological polar surface area (TPSA) is 86.1 Å². The van der Waals surface area contributed by atoms with E-state index in [2.05, 4.69) is 70.3 Å². The summed E-state index contributed by atoms with van der Waals surface area (Å²) in [6.45, 7) is 4.09. The van der Waals surface area contributed by atoms with Crippen molar-refractivity contribution in [1.82, 2.24) is 14.7 Å². The van der Waals surface area contributed by atoms with Gasteiger partial charge in [-0.05, 0) is 124 Å². The number of rotatable bonds is 10. The fraction of sp³-hybridized carbons (Fsp3) is 0.575. The number of methoxy groups -OCH3 is 2. The molecule has 3 aliphatic carbocycles. The molecule has 1 aliphatic heterocycles. The van der Waals surface area contributed by atoms with Crippen LogP contribution in [0.1, 0.15) is 93.7 Å². The molecule has 9 nitrogen and oxygen atoms in total. The summed E-state index contributed by atoms with van der Waals surface area (Å²) in [4.78, 5) is 31.1. The van der Waals surface area contributed by atoms with E-state index in [0.717, 1.165) is 74.1 Å². The van der Waals surface area contributed by atoms with E-state index in [1.54, 1.807) is 19.1 Å². The third-order valence-corrected chi connectivity index (χ3v) is 11.5. The predicted molar refractivity (Wildman–Crippen MR) is 190 cm³/mol. The summed E-state index contributed by atoms with van der Waals surface area (Å²) in [6, 6.07) is 15.6. The molecule has 3 aromatic rings. The number of carbonyl (C=O) groups excluding carboxylic acids is 2. The first kappa shape index (κ1) is 33.6. The van der Waals surface area contributed by atoms with Crippen molar-refractivity contribution in [3.05, 3.63) is 66.0 Å². The second-order valence-electron chi connectivity index (χ2n) is 14.8. The molecule has 2 heterocycles. The number of nitrogens with zero attached hydrogens (tertiary/aromatic N) is 4. The Morgan fingerprint density at radius 3 is 2.37 bits per heavy atom. The van der Waals surface area contributed by atoms with Crippen molar-refractivity contribution < 1.29 is 23.8 Å². The van der Waals surface area contributed by atoms with Crippen molar-refractivity contribution >= 4 is 17.7 Å².